The average molecular weight is 152 g/mol. The summed E-state index contributed by atoms with van der Waals surface area (Å²) in [6.45, 7) is 8.70. The van der Waals surface area contributed by atoms with Crippen molar-refractivity contribution < 1.29 is 0 Å². The number of hydrogen-bond acceptors (Lipinski definition) is 0. The molecular weight excluding hydrogens is 132 g/mol. The van der Waals surface area contributed by atoms with Gasteiger partial charge in [-0.15, -0.1) is 0 Å². The molecule has 0 spiro atoms. The standard InChI is InChI=1S/C11H20/c1-5-7-11(4)9-6-8-10(2)3/h7-8H,5-6,9H2,1-4H3/b11-7+. The van der Waals surface area contributed by atoms with Gasteiger partial charge in [-0.2, -0.15) is 0 Å². The highest BCUT2D eigenvalue weighted by atomic mass is 13.9. The molecule has 0 radical (unpaired) electrons. The molecule has 0 aliphatic rings. The Morgan fingerprint density at radius 3 is 2.18 bits per heavy atom. The summed E-state index contributed by atoms with van der Waals surface area (Å²) in [5.41, 5.74) is 2.94. The Bertz CT molecular complexity index is 145. The van der Waals surface area contributed by atoms with Crippen molar-refractivity contribution in [3.63, 3.8) is 0 Å². The van der Waals surface area contributed by atoms with Gasteiger partial charge in [-0.1, -0.05) is 30.2 Å². The Hall–Kier alpha value is -0.520. The van der Waals surface area contributed by atoms with Crippen LogP contribution in [0.1, 0.15) is 47.0 Å². The molecule has 0 rings (SSSR count). The average Bonchev–Trinajstić information content (AvgIpc) is 1.87. The van der Waals surface area contributed by atoms with E-state index in [-0.39, 0.29) is 0 Å². The Balaban J connectivity index is 3.54. The number of allylic oxidation sites excluding steroid dienone is 4. The predicted octanol–water partition coefficient (Wildman–Crippen LogP) is 4.09. The summed E-state index contributed by atoms with van der Waals surface area (Å²) in [5, 5.41) is 0. The second kappa shape index (κ2) is 6.21. The highest BCUT2D eigenvalue weighted by Crippen LogP contribution is 2.06. The molecule has 0 heteroatoms. The first kappa shape index (κ1) is 10.5. The summed E-state index contributed by atoms with van der Waals surface area (Å²) < 4.78 is 0. The van der Waals surface area contributed by atoms with Crippen LogP contribution in [0.5, 0.6) is 0 Å². The van der Waals surface area contributed by atoms with Crippen LogP contribution in [0, 0.1) is 0 Å². The van der Waals surface area contributed by atoms with Gasteiger partial charge < -0.3 is 0 Å². The summed E-state index contributed by atoms with van der Waals surface area (Å²) in [7, 11) is 0. The van der Waals surface area contributed by atoms with Crippen LogP contribution >= 0.6 is 0 Å². The molecule has 0 heterocycles. The maximum absolute atomic E-state index is 2.30. The molecule has 0 aromatic rings. The highest BCUT2D eigenvalue weighted by Gasteiger charge is 1.86. The molecule has 0 N–H and O–H groups in total. The van der Waals surface area contributed by atoms with Gasteiger partial charge in [0.2, 0.25) is 0 Å². The van der Waals surface area contributed by atoms with Gasteiger partial charge in [-0.3, -0.25) is 0 Å². The Kier molecular flexibility index (Phi) is 5.91. The van der Waals surface area contributed by atoms with Gasteiger partial charge in [0.25, 0.3) is 0 Å². The third-order valence-electron chi connectivity index (χ3n) is 1.64. The number of hydrogen-bond donors (Lipinski definition) is 0. The van der Waals surface area contributed by atoms with Crippen molar-refractivity contribution in [3.8, 4) is 0 Å². The molecular formula is C11H20. The van der Waals surface area contributed by atoms with Crippen LogP contribution in [-0.4, -0.2) is 0 Å². The van der Waals surface area contributed by atoms with E-state index in [9.17, 15) is 0 Å². The van der Waals surface area contributed by atoms with Gasteiger partial charge in [-0.05, 0) is 40.0 Å². The maximum atomic E-state index is 2.30. The van der Waals surface area contributed by atoms with Crippen LogP contribution < -0.4 is 0 Å². The minimum absolute atomic E-state index is 1.17. The summed E-state index contributed by atoms with van der Waals surface area (Å²) in [6, 6.07) is 0. The van der Waals surface area contributed by atoms with E-state index in [0.29, 0.717) is 0 Å². The first-order valence-corrected chi connectivity index (χ1v) is 4.45. The van der Waals surface area contributed by atoms with Gasteiger partial charge in [0.15, 0.2) is 0 Å². The minimum atomic E-state index is 1.17. The third-order valence-corrected chi connectivity index (χ3v) is 1.64. The van der Waals surface area contributed by atoms with Gasteiger partial charge in [-0.25, -0.2) is 0 Å². The van der Waals surface area contributed by atoms with E-state index in [2.05, 4.69) is 39.8 Å². The summed E-state index contributed by atoms with van der Waals surface area (Å²) in [4.78, 5) is 0. The monoisotopic (exact) mass is 152 g/mol. The van der Waals surface area contributed by atoms with E-state index in [4.69, 9.17) is 0 Å². The van der Waals surface area contributed by atoms with Crippen molar-refractivity contribution in [2.45, 2.75) is 47.0 Å². The van der Waals surface area contributed by atoms with Crippen LogP contribution in [0.25, 0.3) is 0 Å². The van der Waals surface area contributed by atoms with Gasteiger partial charge >= 0.3 is 0 Å². The molecule has 0 aliphatic carbocycles. The van der Waals surface area contributed by atoms with E-state index in [1.807, 2.05) is 0 Å². The first-order chi connectivity index (χ1) is 5.16. The molecule has 0 amide bonds. The van der Waals surface area contributed by atoms with Gasteiger partial charge in [0.05, 0.1) is 0 Å². The molecule has 0 saturated heterocycles. The molecule has 0 aromatic heterocycles. The predicted molar refractivity (Wildman–Crippen MR) is 52.7 cm³/mol. The lowest BCUT2D eigenvalue weighted by Crippen LogP contribution is -1.76. The zero-order chi connectivity index (χ0) is 8.69. The van der Waals surface area contributed by atoms with Crippen LogP contribution in [0.15, 0.2) is 23.3 Å². The molecule has 0 bridgehead atoms. The van der Waals surface area contributed by atoms with E-state index < -0.39 is 0 Å². The van der Waals surface area contributed by atoms with Crippen molar-refractivity contribution in [1.82, 2.24) is 0 Å². The lowest BCUT2D eigenvalue weighted by Gasteiger charge is -1.96. The summed E-state index contributed by atoms with van der Waals surface area (Å²) in [6.07, 6.45) is 8.19. The van der Waals surface area contributed by atoms with Crippen LogP contribution in [-0.2, 0) is 0 Å². The molecule has 0 nitrogen and oxygen atoms in total. The third kappa shape index (κ3) is 7.38. The van der Waals surface area contributed by atoms with E-state index in [1.54, 1.807) is 0 Å². The second-order valence-corrected chi connectivity index (χ2v) is 3.28. The van der Waals surface area contributed by atoms with Crippen LogP contribution in [0.3, 0.4) is 0 Å². The van der Waals surface area contributed by atoms with E-state index in [1.165, 1.54) is 30.4 Å². The zero-order valence-corrected chi connectivity index (χ0v) is 8.28. The first-order valence-electron chi connectivity index (χ1n) is 4.45. The lowest BCUT2D eigenvalue weighted by atomic mass is 10.1. The quantitative estimate of drug-likeness (QED) is 0.532. The SMILES string of the molecule is CC/C=C(\C)CCC=C(C)C. The lowest BCUT2D eigenvalue weighted by molar-refractivity contribution is 0.952. The van der Waals surface area contributed by atoms with Crippen molar-refractivity contribution in [2.75, 3.05) is 0 Å². The molecule has 0 aliphatic heterocycles. The van der Waals surface area contributed by atoms with Gasteiger partial charge in [0, 0.05) is 0 Å². The Morgan fingerprint density at radius 1 is 1.09 bits per heavy atom. The van der Waals surface area contributed by atoms with E-state index in [0.717, 1.165) is 0 Å². The van der Waals surface area contributed by atoms with Crippen molar-refractivity contribution in [2.24, 2.45) is 0 Å². The molecule has 0 aromatic carbocycles. The topological polar surface area (TPSA) is 0 Å². The Morgan fingerprint density at radius 2 is 1.73 bits per heavy atom. The second-order valence-electron chi connectivity index (χ2n) is 3.28. The largest absolute Gasteiger partial charge is 0.0859 e. The fourth-order valence-electron chi connectivity index (χ4n) is 1.04. The molecule has 0 saturated carbocycles. The summed E-state index contributed by atoms with van der Waals surface area (Å²) >= 11 is 0. The van der Waals surface area contributed by atoms with Gasteiger partial charge in [0.1, 0.15) is 0 Å². The van der Waals surface area contributed by atoms with Crippen molar-refractivity contribution in [3.05, 3.63) is 23.3 Å². The minimum Gasteiger partial charge on any atom is -0.0859 e. The van der Waals surface area contributed by atoms with Crippen LogP contribution in [0.2, 0.25) is 0 Å². The normalized spacial score (nSPS) is 11.5. The van der Waals surface area contributed by atoms with Crippen LogP contribution in [0.4, 0.5) is 0 Å². The molecule has 11 heavy (non-hydrogen) atoms. The highest BCUT2D eigenvalue weighted by molar-refractivity contribution is 5.01. The van der Waals surface area contributed by atoms with Crippen molar-refractivity contribution in [1.29, 1.82) is 0 Å². The molecule has 64 valence electrons. The fourth-order valence-corrected chi connectivity index (χ4v) is 1.04. The fraction of sp³-hybridized carbons (Fsp3) is 0.636. The van der Waals surface area contributed by atoms with Crippen molar-refractivity contribution >= 4 is 0 Å². The molecule has 0 atom stereocenters. The molecule has 0 unspecified atom stereocenters. The zero-order valence-electron chi connectivity index (χ0n) is 8.28. The Labute approximate surface area is 71.0 Å². The summed E-state index contributed by atoms with van der Waals surface area (Å²) in [5.74, 6) is 0. The number of rotatable bonds is 4. The molecule has 0 fully saturated rings. The van der Waals surface area contributed by atoms with E-state index >= 15 is 0 Å². The maximum Gasteiger partial charge on any atom is -0.0288 e. The smallest absolute Gasteiger partial charge is 0.0288 e.